The summed E-state index contributed by atoms with van der Waals surface area (Å²) in [5.74, 6) is -0.611. The average molecular weight is 451 g/mol. The number of amides is 2. The maximum Gasteiger partial charge on any atom is 0.251 e. The molecule has 1 aliphatic carbocycles. The average Bonchev–Trinajstić information content (AvgIpc) is 3.23. The molecule has 8 heteroatoms. The third-order valence-electron chi connectivity index (χ3n) is 6.45. The maximum absolute atomic E-state index is 13.1. The van der Waals surface area contributed by atoms with Crippen molar-refractivity contribution in [3.8, 4) is 0 Å². The van der Waals surface area contributed by atoms with Crippen LogP contribution in [0.4, 0.5) is 0 Å². The zero-order valence-electron chi connectivity index (χ0n) is 18.3. The summed E-state index contributed by atoms with van der Waals surface area (Å²) in [4.78, 5) is 27.7. The zero-order valence-corrected chi connectivity index (χ0v) is 19.1. The quantitative estimate of drug-likeness (QED) is 0.563. The van der Waals surface area contributed by atoms with Gasteiger partial charge in [0.15, 0.2) is 0 Å². The Bertz CT molecular complexity index is 739. The minimum Gasteiger partial charge on any atom is -0.396 e. The highest BCUT2D eigenvalue weighted by molar-refractivity contribution is 6.30. The van der Waals surface area contributed by atoms with E-state index in [1.807, 2.05) is 22.0 Å². The van der Waals surface area contributed by atoms with Gasteiger partial charge in [-0.05, 0) is 43.4 Å². The maximum atomic E-state index is 13.1. The van der Waals surface area contributed by atoms with Gasteiger partial charge in [0, 0.05) is 30.2 Å². The summed E-state index contributed by atoms with van der Waals surface area (Å²) in [5, 5.41) is 12.1. The van der Waals surface area contributed by atoms with E-state index in [-0.39, 0.29) is 30.5 Å². The molecule has 1 saturated heterocycles. The van der Waals surface area contributed by atoms with Crippen molar-refractivity contribution in [1.29, 1.82) is 0 Å². The van der Waals surface area contributed by atoms with Crippen LogP contribution in [0.15, 0.2) is 24.3 Å². The number of nitrogens with two attached hydrogens (primary N) is 1. The summed E-state index contributed by atoms with van der Waals surface area (Å²) in [6, 6.07) is 6.92. The molecule has 3 atom stereocenters. The van der Waals surface area contributed by atoms with Crippen molar-refractivity contribution in [2.75, 3.05) is 19.7 Å². The van der Waals surface area contributed by atoms with Crippen molar-refractivity contribution in [3.63, 3.8) is 0 Å². The van der Waals surface area contributed by atoms with Crippen molar-refractivity contribution in [3.05, 3.63) is 34.9 Å². The Hall–Kier alpha value is -1.67. The van der Waals surface area contributed by atoms with Crippen LogP contribution in [-0.2, 0) is 16.0 Å². The van der Waals surface area contributed by atoms with Gasteiger partial charge in [0.05, 0.1) is 18.6 Å². The van der Waals surface area contributed by atoms with E-state index in [0.29, 0.717) is 24.5 Å². The number of hydrazine groups is 1. The van der Waals surface area contributed by atoms with Gasteiger partial charge in [0.25, 0.3) is 5.91 Å². The molecule has 31 heavy (non-hydrogen) atoms. The van der Waals surface area contributed by atoms with Crippen LogP contribution >= 0.6 is 11.6 Å². The lowest BCUT2D eigenvalue weighted by Crippen LogP contribution is -2.53. The number of nitrogens with zero attached hydrogens (tertiary/aromatic N) is 2. The molecule has 1 heterocycles. The van der Waals surface area contributed by atoms with Crippen LogP contribution in [0, 0.1) is 5.92 Å². The zero-order chi connectivity index (χ0) is 22.4. The molecule has 172 valence electrons. The SMILES string of the molecule is C[C@H](CO)C(=O)N(C1CCCCC1)[C@H]1CCN(NC(=O)[C@H](N)Cc2ccc(Cl)cc2)C1. The standard InChI is InChI=1S/C23H35ClN4O3/c1-16(15-29)23(31)28(19-5-3-2-4-6-19)20-11-12-27(14-20)26-22(30)21(25)13-17-7-9-18(24)10-8-17/h7-10,16,19-21,29H,2-6,11-15,25H2,1H3,(H,26,30)/t16-,20+,21-/m1/s1. The highest BCUT2D eigenvalue weighted by Gasteiger charge is 2.37. The van der Waals surface area contributed by atoms with Crippen LogP contribution < -0.4 is 11.2 Å². The van der Waals surface area contributed by atoms with E-state index in [9.17, 15) is 14.7 Å². The first-order valence-electron chi connectivity index (χ1n) is 11.4. The molecule has 0 unspecified atom stereocenters. The minimum absolute atomic E-state index is 0.0204. The summed E-state index contributed by atoms with van der Waals surface area (Å²) in [6.45, 7) is 2.89. The number of halogens is 1. The van der Waals surface area contributed by atoms with Gasteiger partial charge in [0.2, 0.25) is 5.91 Å². The highest BCUT2D eigenvalue weighted by atomic mass is 35.5. The number of benzene rings is 1. The second-order valence-electron chi connectivity index (χ2n) is 8.92. The topological polar surface area (TPSA) is 98.9 Å². The monoisotopic (exact) mass is 450 g/mol. The van der Waals surface area contributed by atoms with Gasteiger partial charge in [-0.25, -0.2) is 5.01 Å². The Morgan fingerprint density at radius 3 is 2.52 bits per heavy atom. The van der Waals surface area contributed by atoms with E-state index in [1.54, 1.807) is 19.1 Å². The molecule has 4 N–H and O–H groups in total. The fraction of sp³-hybridized carbons (Fsp3) is 0.652. The normalized spacial score (nSPS) is 22.1. The van der Waals surface area contributed by atoms with E-state index < -0.39 is 12.0 Å². The number of hydrogen-bond acceptors (Lipinski definition) is 5. The number of nitrogens with one attached hydrogen (secondary N) is 1. The molecule has 1 saturated carbocycles. The first-order chi connectivity index (χ1) is 14.9. The molecule has 1 aliphatic heterocycles. The van der Waals surface area contributed by atoms with Gasteiger partial charge in [-0.15, -0.1) is 0 Å². The molecule has 0 radical (unpaired) electrons. The molecule has 0 spiro atoms. The predicted octanol–water partition coefficient (Wildman–Crippen LogP) is 2.11. The van der Waals surface area contributed by atoms with Gasteiger partial charge in [-0.1, -0.05) is 49.9 Å². The third kappa shape index (κ3) is 6.42. The predicted molar refractivity (Wildman–Crippen MR) is 121 cm³/mol. The lowest BCUT2D eigenvalue weighted by atomic mass is 9.92. The molecule has 0 aromatic heterocycles. The highest BCUT2D eigenvalue weighted by Crippen LogP contribution is 2.28. The van der Waals surface area contributed by atoms with Crippen molar-refractivity contribution in [2.45, 2.75) is 70.0 Å². The molecular weight excluding hydrogens is 416 g/mol. The van der Waals surface area contributed by atoms with Crippen LogP contribution in [0.1, 0.15) is 51.0 Å². The Balaban J connectivity index is 1.58. The molecule has 2 fully saturated rings. The van der Waals surface area contributed by atoms with Gasteiger partial charge < -0.3 is 15.7 Å². The summed E-state index contributed by atoms with van der Waals surface area (Å²) >= 11 is 5.91. The first-order valence-corrected chi connectivity index (χ1v) is 11.7. The summed E-state index contributed by atoms with van der Waals surface area (Å²) in [5.41, 5.74) is 10.0. The van der Waals surface area contributed by atoms with E-state index in [1.165, 1.54) is 6.42 Å². The number of aliphatic hydroxyl groups excluding tert-OH is 1. The van der Waals surface area contributed by atoms with E-state index in [2.05, 4.69) is 5.43 Å². The Morgan fingerprint density at radius 1 is 1.19 bits per heavy atom. The molecular formula is C23H35ClN4O3. The lowest BCUT2D eigenvalue weighted by Gasteiger charge is -2.40. The number of aliphatic hydroxyl groups is 1. The van der Waals surface area contributed by atoms with Crippen LogP contribution in [-0.4, -0.2) is 64.7 Å². The Labute approximate surface area is 189 Å². The van der Waals surface area contributed by atoms with Crippen molar-refractivity contribution >= 4 is 23.4 Å². The second-order valence-corrected chi connectivity index (χ2v) is 9.36. The van der Waals surface area contributed by atoms with Crippen molar-refractivity contribution in [2.24, 2.45) is 11.7 Å². The molecule has 2 aliphatic rings. The van der Waals surface area contributed by atoms with Crippen LogP contribution in [0.2, 0.25) is 5.02 Å². The van der Waals surface area contributed by atoms with E-state index in [4.69, 9.17) is 17.3 Å². The fourth-order valence-corrected chi connectivity index (χ4v) is 4.75. The van der Waals surface area contributed by atoms with Crippen molar-refractivity contribution in [1.82, 2.24) is 15.3 Å². The third-order valence-corrected chi connectivity index (χ3v) is 6.70. The number of carbonyl (C=O) groups is 2. The number of rotatable bonds is 8. The van der Waals surface area contributed by atoms with Crippen LogP contribution in [0.5, 0.6) is 0 Å². The molecule has 7 nitrogen and oxygen atoms in total. The summed E-state index contributed by atoms with van der Waals surface area (Å²) < 4.78 is 0. The molecule has 0 bridgehead atoms. The first kappa shape index (κ1) is 24.0. The van der Waals surface area contributed by atoms with Gasteiger partial charge in [0.1, 0.15) is 0 Å². The van der Waals surface area contributed by atoms with Gasteiger partial charge in [-0.2, -0.15) is 0 Å². The fourth-order valence-electron chi connectivity index (χ4n) is 4.63. The number of carbonyl (C=O) groups excluding carboxylic acids is 2. The van der Waals surface area contributed by atoms with Crippen LogP contribution in [0.25, 0.3) is 0 Å². The van der Waals surface area contributed by atoms with E-state index in [0.717, 1.165) is 37.7 Å². The molecule has 3 rings (SSSR count). The molecule has 1 aromatic rings. The largest absolute Gasteiger partial charge is 0.396 e. The Kier molecular flexibility index (Phi) is 8.72. The summed E-state index contributed by atoms with van der Waals surface area (Å²) in [7, 11) is 0. The van der Waals surface area contributed by atoms with Gasteiger partial charge in [-0.3, -0.25) is 15.0 Å². The smallest absolute Gasteiger partial charge is 0.251 e. The second kappa shape index (κ2) is 11.3. The molecule has 2 amide bonds. The lowest BCUT2D eigenvalue weighted by molar-refractivity contribution is -0.142. The molecule has 1 aromatic carbocycles. The minimum atomic E-state index is -0.661. The van der Waals surface area contributed by atoms with Crippen molar-refractivity contribution < 1.29 is 14.7 Å². The Morgan fingerprint density at radius 2 is 1.87 bits per heavy atom. The number of hydrogen-bond donors (Lipinski definition) is 3. The summed E-state index contributed by atoms with van der Waals surface area (Å²) in [6.07, 6.45) is 6.74. The van der Waals surface area contributed by atoms with Gasteiger partial charge >= 0.3 is 0 Å². The van der Waals surface area contributed by atoms with Crippen LogP contribution in [0.3, 0.4) is 0 Å². The van der Waals surface area contributed by atoms with E-state index >= 15 is 0 Å².